The molecule has 0 aliphatic heterocycles. The van der Waals surface area contributed by atoms with Gasteiger partial charge in [0.2, 0.25) is 0 Å². The SMILES string of the molecule is [2H]c1c([2H])c([2H])c(-c2c([2H])c([2H])c(N(c3ccccc3)c3ccc(-c4ccccc4)cc3)c3c2oc2c([2H])c([2H])c([2H])c([2H])c23)c(-c2c([2H])c([2H])c([2H])c3c2oc2c([2H])c([2H])c([2H])c([2H])c23)c1[2H]. The Bertz CT molecular complexity index is 3820. The maximum absolute atomic E-state index is 9.96. The summed E-state index contributed by atoms with van der Waals surface area (Å²) in [6, 6.07) is 13.5. The monoisotopic (exact) mass is 670 g/mol. The van der Waals surface area contributed by atoms with E-state index in [2.05, 4.69) is 0 Å². The van der Waals surface area contributed by atoms with Crippen LogP contribution in [-0.2, 0) is 0 Å². The van der Waals surface area contributed by atoms with Crippen LogP contribution in [0.2, 0.25) is 0 Å². The minimum atomic E-state index is -0.841. The van der Waals surface area contributed by atoms with Crippen molar-refractivity contribution in [2.75, 3.05) is 4.90 Å². The van der Waals surface area contributed by atoms with E-state index in [0.29, 0.717) is 11.4 Å². The third kappa shape index (κ3) is 4.82. The molecule has 0 aliphatic carbocycles. The van der Waals surface area contributed by atoms with Crippen LogP contribution in [-0.4, -0.2) is 0 Å². The molecule has 3 heteroatoms. The topological polar surface area (TPSA) is 29.5 Å². The van der Waals surface area contributed by atoms with Crippen molar-refractivity contribution in [3.63, 3.8) is 0 Å². The fourth-order valence-corrected chi connectivity index (χ4v) is 6.42. The average Bonchev–Trinajstić information content (AvgIpc) is 3.95. The number of hydrogen-bond acceptors (Lipinski definition) is 3. The first-order valence-electron chi connectivity index (χ1n) is 24.4. The Hall–Kier alpha value is -6.84. The van der Waals surface area contributed by atoms with Crippen LogP contribution in [0.4, 0.5) is 17.1 Å². The molecule has 2 heterocycles. The van der Waals surface area contributed by atoms with E-state index in [-0.39, 0.29) is 27.2 Å². The maximum Gasteiger partial charge on any atom is 0.145 e. The van der Waals surface area contributed by atoms with Gasteiger partial charge in [0.25, 0.3) is 0 Å². The van der Waals surface area contributed by atoms with E-state index < -0.39 is 147 Å². The fourth-order valence-electron chi connectivity index (χ4n) is 6.42. The highest BCUT2D eigenvalue weighted by Gasteiger charge is 2.24. The van der Waals surface area contributed by atoms with Gasteiger partial charge in [-0.15, -0.1) is 0 Å². The van der Waals surface area contributed by atoms with Crippen molar-refractivity contribution in [2.45, 2.75) is 0 Å². The Morgan fingerprint density at radius 2 is 0.922 bits per heavy atom. The molecule has 0 radical (unpaired) electrons. The van der Waals surface area contributed by atoms with E-state index in [9.17, 15) is 8.22 Å². The van der Waals surface area contributed by atoms with E-state index in [1.54, 1.807) is 47.4 Å². The predicted molar refractivity (Wildman–Crippen MR) is 212 cm³/mol. The van der Waals surface area contributed by atoms with E-state index in [1.165, 1.54) is 0 Å². The molecule has 10 aromatic rings. The minimum Gasteiger partial charge on any atom is -0.455 e. The lowest BCUT2D eigenvalue weighted by atomic mass is 9.92. The van der Waals surface area contributed by atoms with Crippen LogP contribution in [0, 0.1) is 0 Å². The number of nitrogens with zero attached hydrogens (tertiary/aromatic N) is 1. The zero-order valence-corrected chi connectivity index (χ0v) is 26.3. The molecule has 10 rings (SSSR count). The number of anilines is 3. The Labute approximate surface area is 319 Å². The smallest absolute Gasteiger partial charge is 0.145 e. The van der Waals surface area contributed by atoms with Crippen LogP contribution in [0.15, 0.2) is 196 Å². The normalized spacial score (nSPS) is 16.2. The first-order valence-corrected chi connectivity index (χ1v) is 15.9. The molecule has 8 aromatic carbocycles. The molecule has 240 valence electrons. The fraction of sp³-hybridized carbons (Fsp3) is 0. The molecule has 0 spiro atoms. The van der Waals surface area contributed by atoms with Crippen LogP contribution >= 0.6 is 0 Å². The molecule has 0 saturated carbocycles. The summed E-state index contributed by atoms with van der Waals surface area (Å²) in [6.07, 6.45) is 0. The van der Waals surface area contributed by atoms with Crippen molar-refractivity contribution in [1.29, 1.82) is 0 Å². The summed E-state index contributed by atoms with van der Waals surface area (Å²) in [7, 11) is 0. The first kappa shape index (κ1) is 16.7. The number of para-hydroxylation sites is 4. The summed E-state index contributed by atoms with van der Waals surface area (Å²) < 4.78 is 166. The Morgan fingerprint density at radius 3 is 1.67 bits per heavy atom. The van der Waals surface area contributed by atoms with Crippen LogP contribution in [0.1, 0.15) is 23.3 Å². The quantitative estimate of drug-likeness (QED) is 0.176. The van der Waals surface area contributed by atoms with Crippen molar-refractivity contribution in [2.24, 2.45) is 0 Å². The van der Waals surface area contributed by atoms with Gasteiger partial charge >= 0.3 is 0 Å². The standard InChI is InChI=1S/C48H31NO2/c1-3-14-32(15-4-1)33-26-28-35(29-27-33)49(34-16-5-2-6-17-34)43-31-30-41(48-46(43)42-21-10-12-25-45(42)51-48)37-19-8-7-18-36(37)39-22-13-23-40-38-20-9-11-24-44(38)50-47(39)40/h1-31H/i7D,8D,9D,10D,11D,12D,13D,18D,19D,20D,21D,22D,23D,24D,25D,30D,31D. The van der Waals surface area contributed by atoms with Gasteiger partial charge in [0.1, 0.15) is 22.3 Å². The van der Waals surface area contributed by atoms with Crippen molar-refractivity contribution in [3.8, 4) is 33.4 Å². The van der Waals surface area contributed by atoms with Crippen molar-refractivity contribution in [1.82, 2.24) is 0 Å². The summed E-state index contributed by atoms with van der Waals surface area (Å²) in [5.74, 6) is 0. The van der Waals surface area contributed by atoms with Crippen molar-refractivity contribution >= 4 is 60.9 Å². The van der Waals surface area contributed by atoms with Gasteiger partial charge in [-0.25, -0.2) is 0 Å². The molecule has 0 atom stereocenters. The number of hydrogen-bond donors (Lipinski definition) is 0. The summed E-state index contributed by atoms with van der Waals surface area (Å²) in [5, 5.41) is -1.01. The molecule has 2 aromatic heterocycles. The number of furan rings is 2. The Morgan fingerprint density at radius 1 is 0.392 bits per heavy atom. The van der Waals surface area contributed by atoms with Crippen LogP contribution in [0.3, 0.4) is 0 Å². The predicted octanol–water partition coefficient (Wildman–Crippen LogP) is 14.0. The van der Waals surface area contributed by atoms with Gasteiger partial charge in [0.15, 0.2) is 0 Å². The van der Waals surface area contributed by atoms with Gasteiger partial charge in [0.05, 0.1) is 34.4 Å². The number of rotatable bonds is 6. The summed E-state index contributed by atoms with van der Waals surface area (Å²) in [4.78, 5) is 1.62. The maximum atomic E-state index is 9.96. The highest BCUT2D eigenvalue weighted by atomic mass is 16.3. The molecule has 0 amide bonds. The van der Waals surface area contributed by atoms with Gasteiger partial charge < -0.3 is 13.7 Å². The van der Waals surface area contributed by atoms with E-state index >= 15 is 0 Å². The van der Waals surface area contributed by atoms with Crippen LogP contribution < -0.4 is 4.90 Å². The molecule has 51 heavy (non-hydrogen) atoms. The van der Waals surface area contributed by atoms with Gasteiger partial charge in [-0.2, -0.15) is 0 Å². The lowest BCUT2D eigenvalue weighted by Crippen LogP contribution is -2.10. The van der Waals surface area contributed by atoms with Crippen molar-refractivity contribution in [3.05, 3.63) is 188 Å². The summed E-state index contributed by atoms with van der Waals surface area (Å²) >= 11 is 0. The molecule has 0 unspecified atom stereocenters. The highest BCUT2D eigenvalue weighted by molar-refractivity contribution is 6.18. The van der Waals surface area contributed by atoms with Gasteiger partial charge in [-0.3, -0.25) is 0 Å². The summed E-state index contributed by atoms with van der Waals surface area (Å²) in [6.45, 7) is 0. The molecular formula is C48H31NO2. The molecule has 3 nitrogen and oxygen atoms in total. The zero-order chi connectivity index (χ0) is 48.5. The zero-order valence-electron chi connectivity index (χ0n) is 43.3. The second kappa shape index (κ2) is 11.9. The van der Waals surface area contributed by atoms with Gasteiger partial charge in [-0.1, -0.05) is 139 Å². The second-order valence-electron chi connectivity index (χ2n) is 11.6. The van der Waals surface area contributed by atoms with E-state index in [1.807, 2.05) is 42.5 Å². The Balaban J connectivity index is 1.40. The molecule has 0 aliphatic rings. The van der Waals surface area contributed by atoms with Crippen LogP contribution in [0.5, 0.6) is 0 Å². The van der Waals surface area contributed by atoms with E-state index in [4.69, 9.17) is 23.9 Å². The Kier molecular flexibility index (Phi) is 3.91. The largest absolute Gasteiger partial charge is 0.455 e. The third-order valence-electron chi connectivity index (χ3n) is 8.70. The molecule has 0 bridgehead atoms. The molecular weight excluding hydrogens is 623 g/mol. The number of benzene rings is 8. The molecule has 0 fully saturated rings. The third-order valence-corrected chi connectivity index (χ3v) is 8.70. The number of fused-ring (bicyclic) bond motifs is 6. The lowest BCUT2D eigenvalue weighted by molar-refractivity contribution is 0.669. The molecule has 0 saturated heterocycles. The first-order chi connectivity index (χ1) is 32.4. The lowest BCUT2D eigenvalue weighted by Gasteiger charge is -2.27. The highest BCUT2D eigenvalue weighted by Crippen LogP contribution is 2.48. The van der Waals surface area contributed by atoms with E-state index in [0.717, 1.165) is 11.1 Å². The van der Waals surface area contributed by atoms with Crippen LogP contribution in [0.25, 0.3) is 77.3 Å². The average molecular weight is 671 g/mol. The second-order valence-corrected chi connectivity index (χ2v) is 11.6. The van der Waals surface area contributed by atoms with Crippen molar-refractivity contribution < 1.29 is 32.1 Å². The summed E-state index contributed by atoms with van der Waals surface area (Å²) in [5.41, 5.74) is -1.32. The minimum absolute atomic E-state index is 0.0882. The molecule has 0 N–H and O–H groups in total. The van der Waals surface area contributed by atoms with Gasteiger partial charge in [-0.05, 0) is 70.7 Å². The van der Waals surface area contributed by atoms with Gasteiger partial charge in [0, 0.05) is 38.7 Å².